The molecule has 0 saturated heterocycles. The third-order valence-corrected chi connectivity index (χ3v) is 3.35. The third-order valence-electron chi connectivity index (χ3n) is 3.35. The molecule has 136 valence electrons. The van der Waals surface area contributed by atoms with Crippen LogP contribution in [0.2, 0.25) is 0 Å². The summed E-state index contributed by atoms with van der Waals surface area (Å²) in [4.78, 5) is 11.7. The van der Waals surface area contributed by atoms with Gasteiger partial charge in [-0.1, -0.05) is 6.92 Å². The first-order valence-corrected chi connectivity index (χ1v) is 6.82. The monoisotopic (exact) mass is 358 g/mol. The highest BCUT2D eigenvalue weighted by Gasteiger charge is 2.37. The maximum atomic E-state index is 12.7. The Morgan fingerprint density at radius 1 is 1.04 bits per heavy atom. The van der Waals surface area contributed by atoms with E-state index in [0.29, 0.717) is 12.1 Å². The van der Waals surface area contributed by atoms with Crippen LogP contribution in [0.4, 0.5) is 36.8 Å². The molecule has 4 nitrogen and oxygen atoms in total. The molecular formula is C14H16F6N2O2. The highest BCUT2D eigenvalue weighted by molar-refractivity contribution is 5.89. The van der Waals surface area contributed by atoms with Crippen LogP contribution in [0.3, 0.4) is 0 Å². The fourth-order valence-corrected chi connectivity index (χ4v) is 1.70. The van der Waals surface area contributed by atoms with Crippen molar-refractivity contribution in [3.8, 4) is 0 Å². The summed E-state index contributed by atoms with van der Waals surface area (Å²) in [6, 6.07) is -0.721. The Morgan fingerprint density at radius 2 is 1.50 bits per heavy atom. The summed E-state index contributed by atoms with van der Waals surface area (Å²) < 4.78 is 76.3. The molecule has 0 saturated carbocycles. The highest BCUT2D eigenvalue weighted by atomic mass is 19.4. The minimum absolute atomic E-state index is 0.0282. The van der Waals surface area contributed by atoms with Crippen LogP contribution in [0.1, 0.15) is 25.0 Å². The Morgan fingerprint density at radius 3 is 1.88 bits per heavy atom. The summed E-state index contributed by atoms with van der Waals surface area (Å²) in [7, 11) is 0. The van der Waals surface area contributed by atoms with Gasteiger partial charge in [0.2, 0.25) is 0 Å². The van der Waals surface area contributed by atoms with Crippen molar-refractivity contribution in [2.45, 2.75) is 32.2 Å². The van der Waals surface area contributed by atoms with Gasteiger partial charge >= 0.3 is 18.4 Å². The quantitative estimate of drug-likeness (QED) is 0.716. The number of halogens is 6. The molecule has 0 heterocycles. The van der Waals surface area contributed by atoms with Crippen LogP contribution >= 0.6 is 0 Å². The van der Waals surface area contributed by atoms with Gasteiger partial charge in [-0.3, -0.25) is 0 Å². The largest absolute Gasteiger partial charge is 0.416 e. The second kappa shape index (κ2) is 7.29. The maximum absolute atomic E-state index is 12.7. The first-order valence-electron chi connectivity index (χ1n) is 6.82. The topological polar surface area (TPSA) is 61.4 Å². The molecule has 1 aromatic carbocycles. The zero-order valence-electron chi connectivity index (χ0n) is 12.7. The van der Waals surface area contributed by atoms with Crippen LogP contribution in [0.5, 0.6) is 0 Å². The second-order valence-corrected chi connectivity index (χ2v) is 5.34. The van der Waals surface area contributed by atoms with E-state index in [4.69, 9.17) is 5.11 Å². The molecule has 1 aromatic rings. The standard InChI is InChI=1S/C14H16F6N2O2/c1-7(6-23)8(2)21-12(24)22-11-4-9(13(15,16)17)3-10(5-11)14(18,19)20/h3-5,7-8,23H,6H2,1-2H3,(H2,21,22,24). The Balaban J connectivity index is 3.04. The number of nitrogens with one attached hydrogen (secondary N) is 2. The van der Waals surface area contributed by atoms with Crippen molar-refractivity contribution >= 4 is 11.7 Å². The number of aliphatic hydroxyl groups is 1. The van der Waals surface area contributed by atoms with E-state index in [0.717, 1.165) is 0 Å². The van der Waals surface area contributed by atoms with E-state index in [-0.39, 0.29) is 18.6 Å². The minimum atomic E-state index is -4.99. The molecule has 24 heavy (non-hydrogen) atoms. The predicted octanol–water partition coefficient (Wildman–Crippen LogP) is 3.86. The van der Waals surface area contributed by atoms with E-state index >= 15 is 0 Å². The molecule has 0 fully saturated rings. The summed E-state index contributed by atoms with van der Waals surface area (Å²) in [6.45, 7) is 2.90. The van der Waals surface area contributed by atoms with E-state index < -0.39 is 41.2 Å². The van der Waals surface area contributed by atoms with Crippen LogP contribution in [-0.4, -0.2) is 23.8 Å². The van der Waals surface area contributed by atoms with E-state index in [1.165, 1.54) is 6.92 Å². The Bertz CT molecular complexity index is 553. The molecule has 0 aromatic heterocycles. The van der Waals surface area contributed by atoms with Gasteiger partial charge in [0.15, 0.2) is 0 Å². The smallest absolute Gasteiger partial charge is 0.396 e. The lowest BCUT2D eigenvalue weighted by Crippen LogP contribution is -2.40. The van der Waals surface area contributed by atoms with Crippen molar-refractivity contribution in [2.75, 3.05) is 11.9 Å². The molecule has 10 heteroatoms. The lowest BCUT2D eigenvalue weighted by molar-refractivity contribution is -0.143. The first kappa shape index (κ1) is 20.1. The number of alkyl halides is 6. The summed E-state index contributed by atoms with van der Waals surface area (Å²) in [6.07, 6.45) is -9.99. The van der Waals surface area contributed by atoms with E-state index in [1.54, 1.807) is 6.92 Å². The second-order valence-electron chi connectivity index (χ2n) is 5.34. The number of hydrogen-bond acceptors (Lipinski definition) is 2. The number of amides is 2. The molecule has 2 amide bonds. The van der Waals surface area contributed by atoms with Gasteiger partial charge in [0.25, 0.3) is 0 Å². The lowest BCUT2D eigenvalue weighted by Gasteiger charge is -2.20. The van der Waals surface area contributed by atoms with E-state index in [2.05, 4.69) is 5.32 Å². The molecule has 0 aliphatic heterocycles. The summed E-state index contributed by atoms with van der Waals surface area (Å²) in [5.41, 5.74) is -3.69. The molecule has 3 N–H and O–H groups in total. The third kappa shape index (κ3) is 5.59. The van der Waals surface area contributed by atoms with Crippen molar-refractivity contribution in [3.05, 3.63) is 29.3 Å². The van der Waals surface area contributed by atoms with Gasteiger partial charge in [-0.25, -0.2) is 4.79 Å². The average molecular weight is 358 g/mol. The number of benzene rings is 1. The minimum Gasteiger partial charge on any atom is -0.396 e. The lowest BCUT2D eigenvalue weighted by atomic mass is 10.1. The fraction of sp³-hybridized carbons (Fsp3) is 0.500. The Kier molecular flexibility index (Phi) is 6.09. The molecule has 0 aliphatic carbocycles. The number of hydrogen-bond donors (Lipinski definition) is 3. The molecule has 1 rings (SSSR count). The van der Waals surface area contributed by atoms with Crippen molar-refractivity contribution in [3.63, 3.8) is 0 Å². The van der Waals surface area contributed by atoms with Crippen LogP contribution in [0.15, 0.2) is 18.2 Å². The number of rotatable bonds is 4. The van der Waals surface area contributed by atoms with Crippen molar-refractivity contribution < 1.29 is 36.2 Å². The van der Waals surface area contributed by atoms with Crippen LogP contribution in [0.25, 0.3) is 0 Å². The molecule has 0 aliphatic rings. The number of carbonyl (C=O) groups is 1. The summed E-state index contributed by atoms with van der Waals surface area (Å²) in [5, 5.41) is 13.2. The van der Waals surface area contributed by atoms with E-state index in [9.17, 15) is 31.1 Å². The van der Waals surface area contributed by atoms with Gasteiger partial charge in [0, 0.05) is 18.3 Å². The van der Waals surface area contributed by atoms with Crippen LogP contribution < -0.4 is 10.6 Å². The van der Waals surface area contributed by atoms with Gasteiger partial charge in [0.05, 0.1) is 11.1 Å². The summed E-state index contributed by atoms with van der Waals surface area (Å²) >= 11 is 0. The molecule has 2 atom stereocenters. The molecule has 0 radical (unpaired) electrons. The average Bonchev–Trinajstić information content (AvgIpc) is 2.43. The van der Waals surface area contributed by atoms with Crippen molar-refractivity contribution in [1.82, 2.24) is 5.32 Å². The number of carbonyl (C=O) groups excluding carboxylic acids is 1. The number of anilines is 1. The Hall–Kier alpha value is -1.97. The Labute approximate surface area is 133 Å². The molecule has 2 unspecified atom stereocenters. The highest BCUT2D eigenvalue weighted by Crippen LogP contribution is 2.37. The first-order chi connectivity index (χ1) is 10.8. The van der Waals surface area contributed by atoms with Gasteiger partial charge in [-0.15, -0.1) is 0 Å². The molecule has 0 bridgehead atoms. The van der Waals surface area contributed by atoms with Gasteiger partial charge in [0.1, 0.15) is 0 Å². The molecule has 0 spiro atoms. The van der Waals surface area contributed by atoms with Gasteiger partial charge < -0.3 is 15.7 Å². The predicted molar refractivity (Wildman–Crippen MR) is 74.3 cm³/mol. The summed E-state index contributed by atoms with van der Waals surface area (Å²) in [5.74, 6) is -0.344. The normalized spacial score (nSPS) is 14.9. The number of urea groups is 1. The maximum Gasteiger partial charge on any atom is 0.416 e. The zero-order valence-corrected chi connectivity index (χ0v) is 12.7. The van der Waals surface area contributed by atoms with Gasteiger partial charge in [-0.05, 0) is 31.0 Å². The fourth-order valence-electron chi connectivity index (χ4n) is 1.70. The van der Waals surface area contributed by atoms with Crippen LogP contribution in [-0.2, 0) is 12.4 Å². The van der Waals surface area contributed by atoms with Crippen molar-refractivity contribution in [2.24, 2.45) is 5.92 Å². The van der Waals surface area contributed by atoms with Crippen molar-refractivity contribution in [1.29, 1.82) is 0 Å². The number of aliphatic hydroxyl groups excluding tert-OH is 1. The zero-order chi connectivity index (χ0) is 18.7. The molecular weight excluding hydrogens is 342 g/mol. The van der Waals surface area contributed by atoms with E-state index in [1.807, 2.05) is 5.32 Å². The SMILES string of the molecule is CC(CO)C(C)NC(=O)Nc1cc(C(F)(F)F)cc(C(F)(F)F)c1. The van der Waals surface area contributed by atoms with Crippen LogP contribution in [0, 0.1) is 5.92 Å². The van der Waals surface area contributed by atoms with Gasteiger partial charge in [-0.2, -0.15) is 26.3 Å².